The molecule has 0 aromatic heterocycles. The number of carbonyl (C=O) groups excluding carboxylic acids is 2. The zero-order chi connectivity index (χ0) is 23.6. The maximum atomic E-state index is 11.6. The maximum Gasteiger partial charge on any atom is 0.338 e. The quantitative estimate of drug-likeness (QED) is 0.173. The highest BCUT2D eigenvalue weighted by molar-refractivity contribution is 5.88. The fourth-order valence-electron chi connectivity index (χ4n) is 2.75. The second-order valence-electron chi connectivity index (χ2n) is 7.27. The highest BCUT2D eigenvalue weighted by atomic mass is 16.5. The molecule has 33 heavy (non-hydrogen) atoms. The standard InChI is InChI=1S/C29H24O4/c1-4-28(30)32-26-17-13-24(14-18-26)11-9-22-5-7-23(8-6-22)10-12-25-15-19-27(20-16-25)33-29(31)21(2)3/h4-20H,1-2H2,3H3. The fourth-order valence-corrected chi connectivity index (χ4v) is 2.75. The van der Waals surface area contributed by atoms with Crippen LogP contribution in [0.3, 0.4) is 0 Å². The lowest BCUT2D eigenvalue weighted by Crippen LogP contribution is -2.07. The Balaban J connectivity index is 1.57. The van der Waals surface area contributed by atoms with Gasteiger partial charge in [0, 0.05) is 11.6 Å². The summed E-state index contributed by atoms with van der Waals surface area (Å²) in [6.07, 6.45) is 9.16. The lowest BCUT2D eigenvalue weighted by atomic mass is 10.1. The largest absolute Gasteiger partial charge is 0.423 e. The highest BCUT2D eigenvalue weighted by Gasteiger charge is 2.04. The number of rotatable bonds is 8. The van der Waals surface area contributed by atoms with Gasteiger partial charge in [-0.05, 0) is 53.4 Å². The molecule has 0 radical (unpaired) electrons. The fraction of sp³-hybridized carbons (Fsp3) is 0.0345. The first kappa shape index (κ1) is 23.2. The van der Waals surface area contributed by atoms with Crippen molar-refractivity contribution in [2.24, 2.45) is 0 Å². The topological polar surface area (TPSA) is 52.6 Å². The number of ether oxygens (including phenoxy) is 2. The van der Waals surface area contributed by atoms with Gasteiger partial charge in [-0.3, -0.25) is 0 Å². The Labute approximate surface area is 193 Å². The Hall–Kier alpha value is -4.44. The molecule has 164 valence electrons. The predicted octanol–water partition coefficient (Wildman–Crippen LogP) is 6.60. The van der Waals surface area contributed by atoms with Crippen LogP contribution in [0.2, 0.25) is 0 Å². The van der Waals surface area contributed by atoms with Gasteiger partial charge in [-0.1, -0.05) is 86.0 Å². The minimum Gasteiger partial charge on any atom is -0.423 e. The van der Waals surface area contributed by atoms with Gasteiger partial charge in [0.25, 0.3) is 0 Å². The lowest BCUT2D eigenvalue weighted by Gasteiger charge is -2.03. The van der Waals surface area contributed by atoms with Gasteiger partial charge in [0.15, 0.2) is 0 Å². The molecule has 0 bridgehead atoms. The average Bonchev–Trinajstić information content (AvgIpc) is 2.83. The number of esters is 2. The second-order valence-corrected chi connectivity index (χ2v) is 7.27. The van der Waals surface area contributed by atoms with Crippen LogP contribution in [0.4, 0.5) is 0 Å². The molecule has 3 aromatic rings. The summed E-state index contributed by atoms with van der Waals surface area (Å²) in [6.45, 7) is 8.57. The van der Waals surface area contributed by atoms with E-state index in [9.17, 15) is 9.59 Å². The predicted molar refractivity (Wildman–Crippen MR) is 133 cm³/mol. The number of hydrogen-bond acceptors (Lipinski definition) is 4. The van der Waals surface area contributed by atoms with Crippen LogP contribution < -0.4 is 9.47 Å². The van der Waals surface area contributed by atoms with Gasteiger partial charge in [0.1, 0.15) is 11.5 Å². The molecular formula is C29H24O4. The molecule has 0 fully saturated rings. The van der Waals surface area contributed by atoms with Crippen molar-refractivity contribution in [3.05, 3.63) is 120 Å². The molecule has 3 aromatic carbocycles. The maximum absolute atomic E-state index is 11.6. The van der Waals surface area contributed by atoms with E-state index in [1.54, 1.807) is 31.2 Å². The third kappa shape index (κ3) is 7.33. The molecule has 4 nitrogen and oxygen atoms in total. The monoisotopic (exact) mass is 436 g/mol. The summed E-state index contributed by atoms with van der Waals surface area (Å²) in [6, 6.07) is 22.7. The minimum absolute atomic E-state index is 0.363. The van der Waals surface area contributed by atoms with Crippen LogP contribution in [0.25, 0.3) is 24.3 Å². The number of benzene rings is 3. The van der Waals surface area contributed by atoms with Crippen LogP contribution >= 0.6 is 0 Å². The SMILES string of the molecule is C=CC(=O)Oc1ccc(C=Cc2ccc(C=Cc3ccc(OC(=O)C(=C)C)cc3)cc2)cc1. The molecule has 0 aliphatic heterocycles. The van der Waals surface area contributed by atoms with Crippen molar-refractivity contribution in [3.63, 3.8) is 0 Å². The van der Waals surface area contributed by atoms with Gasteiger partial charge >= 0.3 is 11.9 Å². The van der Waals surface area contributed by atoms with Crippen LogP contribution in [0, 0.1) is 0 Å². The van der Waals surface area contributed by atoms with Gasteiger partial charge in [0.2, 0.25) is 0 Å². The molecule has 0 aliphatic rings. The number of hydrogen-bond donors (Lipinski definition) is 0. The van der Waals surface area contributed by atoms with Crippen molar-refractivity contribution in [1.82, 2.24) is 0 Å². The Morgan fingerprint density at radius 2 is 0.970 bits per heavy atom. The molecule has 0 N–H and O–H groups in total. The Morgan fingerprint density at radius 3 is 1.30 bits per heavy atom. The Bertz CT molecular complexity index is 1200. The molecule has 0 spiro atoms. The summed E-state index contributed by atoms with van der Waals surface area (Å²) in [5, 5.41) is 0. The Kier molecular flexibility index (Phi) is 7.92. The van der Waals surface area contributed by atoms with Crippen molar-refractivity contribution in [1.29, 1.82) is 0 Å². The van der Waals surface area contributed by atoms with Crippen molar-refractivity contribution < 1.29 is 19.1 Å². The first-order chi connectivity index (χ1) is 15.9. The number of carbonyl (C=O) groups is 2. The molecule has 0 amide bonds. The first-order valence-electron chi connectivity index (χ1n) is 10.3. The van der Waals surface area contributed by atoms with E-state index in [0.717, 1.165) is 28.3 Å². The molecule has 0 unspecified atom stereocenters. The molecule has 0 saturated carbocycles. The van der Waals surface area contributed by atoms with E-state index >= 15 is 0 Å². The third-order valence-corrected chi connectivity index (χ3v) is 4.58. The molecule has 0 aliphatic carbocycles. The van der Waals surface area contributed by atoms with E-state index in [4.69, 9.17) is 9.47 Å². The molecule has 3 rings (SSSR count). The van der Waals surface area contributed by atoms with Crippen molar-refractivity contribution in [2.75, 3.05) is 0 Å². The zero-order valence-corrected chi connectivity index (χ0v) is 18.4. The van der Waals surface area contributed by atoms with Gasteiger partial charge in [-0.25, -0.2) is 9.59 Å². The van der Waals surface area contributed by atoms with Crippen molar-refractivity contribution in [2.45, 2.75) is 6.92 Å². The van der Waals surface area contributed by atoms with E-state index in [0.29, 0.717) is 17.1 Å². The smallest absolute Gasteiger partial charge is 0.338 e. The van der Waals surface area contributed by atoms with E-state index in [1.807, 2.05) is 72.8 Å². The zero-order valence-electron chi connectivity index (χ0n) is 18.4. The molecule has 0 heterocycles. The third-order valence-electron chi connectivity index (χ3n) is 4.58. The lowest BCUT2D eigenvalue weighted by molar-refractivity contribution is -0.130. The average molecular weight is 437 g/mol. The first-order valence-corrected chi connectivity index (χ1v) is 10.3. The van der Waals surface area contributed by atoms with Gasteiger partial charge in [-0.2, -0.15) is 0 Å². The van der Waals surface area contributed by atoms with Crippen LogP contribution in [-0.4, -0.2) is 11.9 Å². The van der Waals surface area contributed by atoms with E-state index < -0.39 is 11.9 Å². The van der Waals surface area contributed by atoms with E-state index in [1.165, 1.54) is 0 Å². The van der Waals surface area contributed by atoms with Crippen LogP contribution in [0.1, 0.15) is 29.2 Å². The summed E-state index contributed by atoms with van der Waals surface area (Å²) in [4.78, 5) is 22.8. The summed E-state index contributed by atoms with van der Waals surface area (Å²) in [7, 11) is 0. The summed E-state index contributed by atoms with van der Waals surface area (Å²) in [5.74, 6) is 0.0615. The summed E-state index contributed by atoms with van der Waals surface area (Å²) >= 11 is 0. The molecular weight excluding hydrogens is 412 g/mol. The van der Waals surface area contributed by atoms with E-state index in [2.05, 4.69) is 13.2 Å². The van der Waals surface area contributed by atoms with Gasteiger partial charge in [-0.15, -0.1) is 0 Å². The summed E-state index contributed by atoms with van der Waals surface area (Å²) < 4.78 is 10.3. The summed E-state index contributed by atoms with van der Waals surface area (Å²) in [5.41, 5.74) is 4.49. The van der Waals surface area contributed by atoms with Crippen LogP contribution in [0.15, 0.2) is 97.6 Å². The van der Waals surface area contributed by atoms with Crippen molar-refractivity contribution >= 4 is 36.2 Å². The van der Waals surface area contributed by atoms with Crippen LogP contribution in [0.5, 0.6) is 11.5 Å². The molecule has 4 heteroatoms. The second kappa shape index (κ2) is 11.3. The highest BCUT2D eigenvalue weighted by Crippen LogP contribution is 2.17. The molecule has 0 saturated heterocycles. The van der Waals surface area contributed by atoms with Gasteiger partial charge in [0.05, 0.1) is 0 Å². The Morgan fingerprint density at radius 1 is 0.636 bits per heavy atom. The normalized spacial score (nSPS) is 10.8. The molecule has 0 atom stereocenters. The van der Waals surface area contributed by atoms with Gasteiger partial charge < -0.3 is 9.47 Å². The van der Waals surface area contributed by atoms with Crippen LogP contribution in [-0.2, 0) is 9.59 Å². The minimum atomic E-state index is -0.478. The van der Waals surface area contributed by atoms with E-state index in [-0.39, 0.29) is 0 Å². The van der Waals surface area contributed by atoms with Crippen molar-refractivity contribution in [3.8, 4) is 11.5 Å².